The maximum Gasteiger partial charge on any atom is 0.255 e. The molecule has 2 aromatic rings. The van der Waals surface area contributed by atoms with E-state index < -0.39 is 17.5 Å². The lowest BCUT2D eigenvalue weighted by Crippen LogP contribution is -2.12. The molecule has 1 amide bonds. The minimum absolute atomic E-state index is 0.0449. The Bertz CT molecular complexity index is 647. The highest BCUT2D eigenvalue weighted by molar-refractivity contribution is 6.30. The lowest BCUT2D eigenvalue weighted by Gasteiger charge is -2.06. The number of halogens is 3. The SMILES string of the molecule is Nc1ccc(C(=O)Nc2ccc(Cl)c(F)c2)cc1F. The van der Waals surface area contributed by atoms with E-state index in [1.165, 1.54) is 24.3 Å². The van der Waals surface area contributed by atoms with Crippen molar-refractivity contribution in [2.24, 2.45) is 0 Å². The molecular weight excluding hydrogens is 274 g/mol. The van der Waals surface area contributed by atoms with Gasteiger partial charge in [-0.25, -0.2) is 8.78 Å². The van der Waals surface area contributed by atoms with Crippen LogP contribution < -0.4 is 11.1 Å². The zero-order valence-electron chi connectivity index (χ0n) is 9.58. The molecule has 98 valence electrons. The first-order valence-corrected chi connectivity index (χ1v) is 5.66. The number of rotatable bonds is 2. The maximum absolute atomic E-state index is 13.2. The number of anilines is 2. The highest BCUT2D eigenvalue weighted by atomic mass is 35.5. The van der Waals surface area contributed by atoms with Crippen molar-refractivity contribution in [2.45, 2.75) is 0 Å². The molecule has 0 aliphatic carbocycles. The fraction of sp³-hybridized carbons (Fsp3) is 0. The smallest absolute Gasteiger partial charge is 0.255 e. The van der Waals surface area contributed by atoms with Gasteiger partial charge in [0.1, 0.15) is 11.6 Å². The average molecular weight is 283 g/mol. The summed E-state index contributed by atoms with van der Waals surface area (Å²) in [5.74, 6) is -1.90. The second-order valence-electron chi connectivity index (χ2n) is 3.82. The molecule has 0 saturated carbocycles. The molecule has 0 unspecified atom stereocenters. The van der Waals surface area contributed by atoms with Crippen LogP contribution in [0.2, 0.25) is 5.02 Å². The number of carbonyl (C=O) groups excluding carboxylic acids is 1. The van der Waals surface area contributed by atoms with Crippen molar-refractivity contribution >= 4 is 28.9 Å². The molecule has 0 atom stereocenters. The average Bonchev–Trinajstić information content (AvgIpc) is 2.37. The second-order valence-corrected chi connectivity index (χ2v) is 4.23. The van der Waals surface area contributed by atoms with Gasteiger partial charge in [-0.05, 0) is 36.4 Å². The summed E-state index contributed by atoms with van der Waals surface area (Å²) in [6.45, 7) is 0. The molecule has 6 heteroatoms. The van der Waals surface area contributed by atoms with E-state index >= 15 is 0 Å². The topological polar surface area (TPSA) is 55.1 Å². The Kier molecular flexibility index (Phi) is 3.66. The fourth-order valence-electron chi connectivity index (χ4n) is 1.45. The van der Waals surface area contributed by atoms with Gasteiger partial charge in [0, 0.05) is 11.3 Å². The van der Waals surface area contributed by atoms with Crippen LogP contribution in [0.5, 0.6) is 0 Å². The standard InChI is InChI=1S/C13H9ClF2N2O/c14-9-3-2-8(6-10(9)15)18-13(19)7-1-4-12(17)11(16)5-7/h1-6H,17H2,(H,18,19). The quantitative estimate of drug-likeness (QED) is 0.829. The zero-order valence-corrected chi connectivity index (χ0v) is 10.3. The van der Waals surface area contributed by atoms with Gasteiger partial charge in [0.15, 0.2) is 0 Å². The van der Waals surface area contributed by atoms with Crippen LogP contribution in [0.15, 0.2) is 36.4 Å². The normalized spacial score (nSPS) is 10.3. The highest BCUT2D eigenvalue weighted by Crippen LogP contribution is 2.20. The largest absolute Gasteiger partial charge is 0.396 e. The van der Waals surface area contributed by atoms with Gasteiger partial charge in [0.2, 0.25) is 0 Å². The van der Waals surface area contributed by atoms with Gasteiger partial charge in [-0.3, -0.25) is 4.79 Å². The van der Waals surface area contributed by atoms with Gasteiger partial charge >= 0.3 is 0 Å². The first kappa shape index (κ1) is 13.3. The van der Waals surface area contributed by atoms with Crippen molar-refractivity contribution in [3.05, 3.63) is 58.6 Å². The van der Waals surface area contributed by atoms with E-state index in [-0.39, 0.29) is 22.0 Å². The first-order valence-electron chi connectivity index (χ1n) is 5.29. The molecule has 0 aliphatic rings. The summed E-state index contributed by atoms with van der Waals surface area (Å²) in [4.78, 5) is 11.8. The van der Waals surface area contributed by atoms with Crippen LogP contribution in [-0.4, -0.2) is 5.91 Å². The lowest BCUT2D eigenvalue weighted by molar-refractivity contribution is 0.102. The third-order valence-electron chi connectivity index (χ3n) is 2.44. The summed E-state index contributed by atoms with van der Waals surface area (Å²) >= 11 is 5.52. The molecule has 0 radical (unpaired) electrons. The van der Waals surface area contributed by atoms with Crippen LogP contribution in [0.4, 0.5) is 20.2 Å². The van der Waals surface area contributed by atoms with Crippen molar-refractivity contribution in [3.8, 4) is 0 Å². The van der Waals surface area contributed by atoms with E-state index in [0.717, 1.165) is 12.1 Å². The molecule has 0 aromatic heterocycles. The van der Waals surface area contributed by atoms with Crippen molar-refractivity contribution in [1.82, 2.24) is 0 Å². The number of nitrogens with two attached hydrogens (primary N) is 1. The summed E-state index contributed by atoms with van der Waals surface area (Å²) < 4.78 is 26.4. The van der Waals surface area contributed by atoms with Gasteiger partial charge in [0.25, 0.3) is 5.91 Å². The van der Waals surface area contributed by atoms with Crippen LogP contribution in [-0.2, 0) is 0 Å². The minimum atomic E-state index is -0.685. The maximum atomic E-state index is 13.2. The highest BCUT2D eigenvalue weighted by Gasteiger charge is 2.10. The summed E-state index contributed by atoms with van der Waals surface area (Å²) in [5, 5.41) is 2.38. The Balaban J connectivity index is 2.20. The van der Waals surface area contributed by atoms with Crippen LogP contribution in [0.1, 0.15) is 10.4 Å². The predicted octanol–water partition coefficient (Wildman–Crippen LogP) is 3.45. The summed E-state index contributed by atoms with van der Waals surface area (Å²) in [6, 6.07) is 7.50. The van der Waals surface area contributed by atoms with Gasteiger partial charge in [-0.15, -0.1) is 0 Å². The van der Waals surface area contributed by atoms with Crippen molar-refractivity contribution in [2.75, 3.05) is 11.1 Å². The number of carbonyl (C=O) groups is 1. The number of amides is 1. The summed E-state index contributed by atoms with van der Waals surface area (Å²) in [5.41, 5.74) is 5.57. The number of nitrogens with one attached hydrogen (secondary N) is 1. The molecule has 2 aromatic carbocycles. The van der Waals surface area contributed by atoms with E-state index in [1.54, 1.807) is 0 Å². The monoisotopic (exact) mass is 282 g/mol. The van der Waals surface area contributed by atoms with Crippen LogP contribution in [0.25, 0.3) is 0 Å². The van der Waals surface area contributed by atoms with Crippen molar-refractivity contribution in [3.63, 3.8) is 0 Å². The number of hydrogen-bond donors (Lipinski definition) is 2. The van der Waals surface area contributed by atoms with Crippen LogP contribution in [0.3, 0.4) is 0 Å². The molecule has 0 saturated heterocycles. The Labute approximate surface area is 113 Å². The molecule has 0 heterocycles. The number of nitrogen functional groups attached to an aromatic ring is 1. The Morgan fingerprint density at radius 3 is 2.47 bits per heavy atom. The van der Waals surface area contributed by atoms with Crippen molar-refractivity contribution < 1.29 is 13.6 Å². The van der Waals surface area contributed by atoms with Crippen LogP contribution in [0, 0.1) is 11.6 Å². The number of benzene rings is 2. The van der Waals surface area contributed by atoms with Crippen molar-refractivity contribution in [1.29, 1.82) is 0 Å². The van der Waals surface area contributed by atoms with Gasteiger partial charge in [-0.2, -0.15) is 0 Å². The van der Waals surface area contributed by atoms with E-state index in [1.807, 2.05) is 0 Å². The summed E-state index contributed by atoms with van der Waals surface area (Å²) in [6.07, 6.45) is 0. The molecule has 0 fully saturated rings. The van der Waals surface area contributed by atoms with Gasteiger partial charge in [-0.1, -0.05) is 11.6 Å². The Morgan fingerprint density at radius 2 is 1.84 bits per heavy atom. The third-order valence-corrected chi connectivity index (χ3v) is 2.75. The Morgan fingerprint density at radius 1 is 1.11 bits per heavy atom. The molecule has 3 N–H and O–H groups in total. The Hall–Kier alpha value is -2.14. The van der Waals surface area contributed by atoms with Crippen LogP contribution >= 0.6 is 11.6 Å². The molecular formula is C13H9ClF2N2O. The molecule has 0 bridgehead atoms. The molecule has 19 heavy (non-hydrogen) atoms. The second kappa shape index (κ2) is 5.24. The molecule has 3 nitrogen and oxygen atoms in total. The first-order chi connectivity index (χ1) is 8.97. The van der Waals surface area contributed by atoms with Gasteiger partial charge in [0.05, 0.1) is 10.7 Å². The third kappa shape index (κ3) is 3.00. The van der Waals surface area contributed by atoms with E-state index in [4.69, 9.17) is 17.3 Å². The van der Waals surface area contributed by atoms with E-state index in [2.05, 4.69) is 5.32 Å². The molecule has 0 spiro atoms. The molecule has 0 aliphatic heterocycles. The van der Waals surface area contributed by atoms with E-state index in [0.29, 0.717) is 0 Å². The summed E-state index contributed by atoms with van der Waals surface area (Å²) in [7, 11) is 0. The zero-order chi connectivity index (χ0) is 14.0. The van der Waals surface area contributed by atoms with E-state index in [9.17, 15) is 13.6 Å². The molecule has 2 rings (SSSR count). The number of hydrogen-bond acceptors (Lipinski definition) is 2. The minimum Gasteiger partial charge on any atom is -0.396 e. The lowest BCUT2D eigenvalue weighted by atomic mass is 10.2. The fourth-order valence-corrected chi connectivity index (χ4v) is 1.56. The predicted molar refractivity (Wildman–Crippen MR) is 70.2 cm³/mol. The van der Waals surface area contributed by atoms with Gasteiger partial charge < -0.3 is 11.1 Å².